The molecule has 14 heavy (non-hydrogen) atoms. The van der Waals surface area contributed by atoms with E-state index in [9.17, 15) is 12.9 Å². The molecule has 0 atom stereocenters. The van der Waals surface area contributed by atoms with Gasteiger partial charge in [0.1, 0.15) is 0 Å². The Kier molecular flexibility index (Phi) is 3.17. The van der Waals surface area contributed by atoms with Crippen LogP contribution in [0.4, 0.5) is 12.9 Å². The van der Waals surface area contributed by atoms with Crippen molar-refractivity contribution in [1.82, 2.24) is 0 Å². The average Bonchev–Trinajstić information content (AvgIpc) is 2.15. The summed E-state index contributed by atoms with van der Waals surface area (Å²) in [5, 5.41) is 0. The Morgan fingerprint density at radius 1 is 1.29 bits per heavy atom. The number of hydrogen-bond acceptors (Lipinski definition) is 1. The molecule has 0 nitrogen and oxygen atoms in total. The molecule has 1 aromatic rings. The van der Waals surface area contributed by atoms with Crippen LogP contribution in [-0.4, -0.2) is 6.98 Å². The summed E-state index contributed by atoms with van der Waals surface area (Å²) in [5.41, 5.74) is 0.0632. The van der Waals surface area contributed by atoms with E-state index in [1.165, 1.54) is 6.07 Å². The van der Waals surface area contributed by atoms with Crippen LogP contribution in [0.3, 0.4) is 0 Å². The summed E-state index contributed by atoms with van der Waals surface area (Å²) in [5.74, 6) is 2.43. The van der Waals surface area contributed by atoms with Gasteiger partial charge in [-0.2, -0.15) is 12.6 Å². The molecule has 0 N–H and O–H groups in total. The lowest BCUT2D eigenvalue weighted by molar-refractivity contribution is 0.501. The number of benzene rings is 1. The molecule has 0 saturated heterocycles. The lowest BCUT2D eigenvalue weighted by Gasteiger charge is -2.16. The van der Waals surface area contributed by atoms with Gasteiger partial charge in [0.25, 0.3) is 0 Å². The van der Waals surface area contributed by atoms with Crippen LogP contribution in [0, 0.1) is 12.3 Å². The first-order valence-electron chi connectivity index (χ1n) is 3.88. The van der Waals surface area contributed by atoms with E-state index in [1.807, 2.05) is 0 Å². The molecule has 5 heteroatoms. The minimum Gasteiger partial charge on any atom is -0.445 e. The fourth-order valence-electron chi connectivity index (χ4n) is 1.08. The first-order chi connectivity index (χ1) is 6.47. The van der Waals surface area contributed by atoms with Gasteiger partial charge in [0.05, 0.1) is 0 Å². The molecule has 0 saturated carbocycles. The molecule has 0 aliphatic carbocycles. The predicted molar refractivity (Wildman–Crippen MR) is 55.8 cm³/mol. The van der Waals surface area contributed by atoms with Crippen molar-refractivity contribution in [3.8, 4) is 12.3 Å². The molecule has 0 radical (unpaired) electrons. The molecule has 0 unspecified atom stereocenters. The summed E-state index contributed by atoms with van der Waals surface area (Å²) >= 11 is 3.91. The molecule has 1 rings (SSSR count). The Hall–Kier alpha value is -1.02. The van der Waals surface area contributed by atoms with E-state index in [4.69, 9.17) is 6.42 Å². The molecule has 1 aromatic carbocycles. The predicted octanol–water partition coefficient (Wildman–Crippen LogP) is 2.15. The molecule has 0 aliphatic rings. The second-order valence-electron chi connectivity index (χ2n) is 2.84. The number of rotatable bonds is 2. The van der Waals surface area contributed by atoms with Gasteiger partial charge in [0.15, 0.2) is 0 Å². The van der Waals surface area contributed by atoms with Gasteiger partial charge in [0, 0.05) is 11.3 Å². The third-order valence-electron chi connectivity index (χ3n) is 1.74. The first-order valence-corrected chi connectivity index (χ1v) is 4.52. The number of hydrogen-bond donors (Lipinski definition) is 1. The topological polar surface area (TPSA) is 0 Å². The van der Waals surface area contributed by atoms with Gasteiger partial charge < -0.3 is 12.9 Å². The van der Waals surface area contributed by atoms with Crippen LogP contribution in [0.25, 0.3) is 0 Å². The van der Waals surface area contributed by atoms with Crippen molar-refractivity contribution >= 4 is 25.1 Å². The van der Waals surface area contributed by atoms with Gasteiger partial charge in [-0.05, 0) is 11.6 Å². The fourth-order valence-corrected chi connectivity index (χ4v) is 1.26. The third kappa shape index (κ3) is 2.49. The highest BCUT2D eigenvalue weighted by Gasteiger charge is 2.25. The smallest absolute Gasteiger partial charge is 0.445 e. The summed E-state index contributed by atoms with van der Waals surface area (Å²) in [4.78, 5) is 0. The van der Waals surface area contributed by atoms with Crippen molar-refractivity contribution in [2.24, 2.45) is 0 Å². The lowest BCUT2D eigenvalue weighted by Crippen LogP contribution is -2.34. The average molecular weight is 215 g/mol. The summed E-state index contributed by atoms with van der Waals surface area (Å²) in [7, 11) is 0. The van der Waals surface area contributed by atoms with Crippen LogP contribution in [0.1, 0.15) is 11.1 Å². The largest absolute Gasteiger partial charge is 0.509 e. The number of thiol groups is 1. The van der Waals surface area contributed by atoms with Gasteiger partial charge in [-0.25, -0.2) is 0 Å². The zero-order valence-electron chi connectivity index (χ0n) is 7.17. The standard InChI is InChI=1S/C9H7BF3S/c1-2-7-3-8(6-14)5-9(4-7)10(11,12)13/h1,3-5,14H,6H2/q-1. The van der Waals surface area contributed by atoms with E-state index in [0.29, 0.717) is 5.56 Å². The van der Waals surface area contributed by atoms with E-state index in [-0.39, 0.29) is 11.3 Å². The maximum atomic E-state index is 12.4. The molecule has 0 spiro atoms. The van der Waals surface area contributed by atoms with E-state index in [0.717, 1.165) is 12.1 Å². The molecule has 0 amide bonds. The normalized spacial score (nSPS) is 11.1. The quantitative estimate of drug-likeness (QED) is 0.436. The van der Waals surface area contributed by atoms with Crippen LogP contribution in [0.5, 0.6) is 0 Å². The molecule has 0 aromatic heterocycles. The highest BCUT2D eigenvalue weighted by molar-refractivity contribution is 7.79. The van der Waals surface area contributed by atoms with E-state index >= 15 is 0 Å². The van der Waals surface area contributed by atoms with Crippen LogP contribution in [0.15, 0.2) is 18.2 Å². The number of halogens is 3. The van der Waals surface area contributed by atoms with Crippen molar-refractivity contribution in [3.63, 3.8) is 0 Å². The molecular formula is C9H7BF3S-. The van der Waals surface area contributed by atoms with Gasteiger partial charge in [0.2, 0.25) is 0 Å². The Morgan fingerprint density at radius 2 is 1.93 bits per heavy atom. The maximum absolute atomic E-state index is 12.4. The monoisotopic (exact) mass is 215 g/mol. The fraction of sp³-hybridized carbons (Fsp3) is 0.111. The molecular weight excluding hydrogens is 208 g/mol. The third-order valence-corrected chi connectivity index (χ3v) is 2.11. The van der Waals surface area contributed by atoms with Gasteiger partial charge in [-0.3, -0.25) is 0 Å². The second-order valence-corrected chi connectivity index (χ2v) is 3.16. The van der Waals surface area contributed by atoms with Crippen molar-refractivity contribution in [2.75, 3.05) is 0 Å². The minimum atomic E-state index is -4.99. The van der Waals surface area contributed by atoms with E-state index in [2.05, 4.69) is 18.5 Å². The summed E-state index contributed by atoms with van der Waals surface area (Å²) in [6.45, 7) is -4.99. The highest BCUT2D eigenvalue weighted by Crippen LogP contribution is 2.13. The van der Waals surface area contributed by atoms with Gasteiger partial charge in [-0.1, -0.05) is 18.1 Å². The van der Waals surface area contributed by atoms with Gasteiger partial charge in [-0.15, -0.1) is 11.9 Å². The Bertz CT molecular complexity index is 379. The van der Waals surface area contributed by atoms with Crippen molar-refractivity contribution in [2.45, 2.75) is 5.75 Å². The zero-order valence-corrected chi connectivity index (χ0v) is 8.07. The zero-order chi connectivity index (χ0) is 10.8. The van der Waals surface area contributed by atoms with Crippen molar-refractivity contribution in [1.29, 1.82) is 0 Å². The van der Waals surface area contributed by atoms with Crippen LogP contribution in [-0.2, 0) is 5.75 Å². The number of terminal acetylenes is 1. The molecule has 0 bridgehead atoms. The van der Waals surface area contributed by atoms with Crippen molar-refractivity contribution in [3.05, 3.63) is 29.3 Å². The Labute approximate surface area is 86.0 Å². The van der Waals surface area contributed by atoms with Crippen LogP contribution < -0.4 is 5.46 Å². The van der Waals surface area contributed by atoms with Crippen molar-refractivity contribution < 1.29 is 12.9 Å². The summed E-state index contributed by atoms with van der Waals surface area (Å²) in [6.07, 6.45) is 5.05. The SMILES string of the molecule is C#Cc1cc(CS)cc([B-](F)(F)F)c1. The maximum Gasteiger partial charge on any atom is 0.509 e. The molecule has 0 fully saturated rings. The van der Waals surface area contributed by atoms with Crippen LogP contribution >= 0.6 is 12.6 Å². The van der Waals surface area contributed by atoms with Gasteiger partial charge >= 0.3 is 6.98 Å². The van der Waals surface area contributed by atoms with E-state index < -0.39 is 12.4 Å². The van der Waals surface area contributed by atoms with Crippen LogP contribution in [0.2, 0.25) is 0 Å². The lowest BCUT2D eigenvalue weighted by atomic mass is 9.78. The highest BCUT2D eigenvalue weighted by atomic mass is 32.1. The second kappa shape index (κ2) is 4.01. The Morgan fingerprint density at radius 3 is 2.36 bits per heavy atom. The molecule has 0 heterocycles. The minimum absolute atomic E-state index is 0.241. The Balaban J connectivity index is 3.26. The van der Waals surface area contributed by atoms with E-state index in [1.54, 1.807) is 0 Å². The summed E-state index contributed by atoms with van der Waals surface area (Å²) < 4.78 is 37.2. The molecule has 74 valence electrons. The molecule has 0 aliphatic heterocycles. The summed E-state index contributed by atoms with van der Waals surface area (Å²) in [6, 6.07) is 3.58. The first kappa shape index (κ1) is 11.1.